The summed E-state index contributed by atoms with van der Waals surface area (Å²) in [6.45, 7) is 5.60. The van der Waals surface area contributed by atoms with Gasteiger partial charge in [0.05, 0.1) is 24.8 Å². The molecule has 0 saturated carbocycles. The molecule has 5 rings (SSSR count). The maximum absolute atomic E-state index is 13.4. The van der Waals surface area contributed by atoms with Crippen molar-refractivity contribution in [3.05, 3.63) is 60.1 Å². The van der Waals surface area contributed by atoms with E-state index in [1.54, 1.807) is 22.8 Å². The Balaban J connectivity index is 1.16. The number of aliphatic hydroxyl groups is 1. The zero-order valence-corrected chi connectivity index (χ0v) is 22.9. The number of thiazole rings is 1. The van der Waals surface area contributed by atoms with E-state index in [0.29, 0.717) is 45.8 Å². The number of imidazole rings is 1. The first-order chi connectivity index (χ1) is 18.4. The van der Waals surface area contributed by atoms with Gasteiger partial charge in [0.1, 0.15) is 5.82 Å². The molecule has 0 spiro atoms. The number of rotatable bonds is 10. The molecule has 2 aliphatic rings. The van der Waals surface area contributed by atoms with Crippen LogP contribution in [-0.4, -0.2) is 95.7 Å². The summed E-state index contributed by atoms with van der Waals surface area (Å²) >= 11 is 1.23. The van der Waals surface area contributed by atoms with Gasteiger partial charge in [0.2, 0.25) is 0 Å². The van der Waals surface area contributed by atoms with Crippen LogP contribution >= 0.6 is 11.3 Å². The molecule has 0 bridgehead atoms. The number of piperazine rings is 1. The van der Waals surface area contributed by atoms with Gasteiger partial charge >= 0.3 is 0 Å². The van der Waals surface area contributed by atoms with Gasteiger partial charge in [0, 0.05) is 71.1 Å². The maximum Gasteiger partial charge on any atom is 0.254 e. The third-order valence-corrected chi connectivity index (χ3v) is 10.5. The summed E-state index contributed by atoms with van der Waals surface area (Å²) in [5.41, 5.74) is 2.03. The second kappa shape index (κ2) is 12.2. The minimum absolute atomic E-state index is 0.100. The largest absolute Gasteiger partial charge is 0.395 e. The molecule has 2 aliphatic heterocycles. The fourth-order valence-electron chi connectivity index (χ4n) is 5.00. The number of halogens is 1. The number of sulfonamides is 1. The van der Waals surface area contributed by atoms with Gasteiger partial charge in [0.25, 0.3) is 10.0 Å². The van der Waals surface area contributed by atoms with Gasteiger partial charge in [-0.2, -0.15) is 4.31 Å². The standard InChI is InChI=1S/C25H34FN7O3S2/c26-21-5-3-20(4-6-21)16-32-19-27-14-23(32)18-30-9-11-33(12-10-30)38(35,36)24-15-29-25(37-24)31-8-1-2-22(17-31)28-7-13-34/h3-6,14-15,19,22,28,34H,1-2,7-13,16-18H2. The third-order valence-electron chi connectivity index (χ3n) is 7.08. The van der Waals surface area contributed by atoms with Crippen molar-refractivity contribution in [3.8, 4) is 0 Å². The highest BCUT2D eigenvalue weighted by molar-refractivity contribution is 7.91. The average Bonchev–Trinajstić information content (AvgIpc) is 3.60. The number of hydrogen-bond acceptors (Lipinski definition) is 9. The molecule has 1 unspecified atom stereocenters. The van der Waals surface area contributed by atoms with Gasteiger partial charge < -0.3 is 19.9 Å². The lowest BCUT2D eigenvalue weighted by atomic mass is 10.1. The molecule has 0 aliphatic carbocycles. The molecule has 2 saturated heterocycles. The van der Waals surface area contributed by atoms with E-state index in [1.807, 2.05) is 10.8 Å². The second-order valence-electron chi connectivity index (χ2n) is 9.74. The Bertz CT molecular complexity index is 1290. The van der Waals surface area contributed by atoms with Gasteiger partial charge in [-0.3, -0.25) is 4.90 Å². The van der Waals surface area contributed by atoms with Crippen LogP contribution in [0.5, 0.6) is 0 Å². The molecule has 3 aromatic rings. The summed E-state index contributed by atoms with van der Waals surface area (Å²) < 4.78 is 43.9. The summed E-state index contributed by atoms with van der Waals surface area (Å²) in [5, 5.41) is 13.1. The van der Waals surface area contributed by atoms with Crippen LogP contribution in [0.2, 0.25) is 0 Å². The van der Waals surface area contributed by atoms with Crippen molar-refractivity contribution in [2.75, 3.05) is 57.3 Å². The van der Waals surface area contributed by atoms with Crippen molar-refractivity contribution < 1.29 is 17.9 Å². The van der Waals surface area contributed by atoms with E-state index >= 15 is 0 Å². The molecule has 1 atom stereocenters. The Hall–Kier alpha value is -2.42. The normalized spacial score (nSPS) is 19.7. The first kappa shape index (κ1) is 27.2. The quantitative estimate of drug-likeness (QED) is 0.383. The molecule has 0 radical (unpaired) electrons. The number of anilines is 1. The summed E-state index contributed by atoms with van der Waals surface area (Å²) in [7, 11) is -3.61. The zero-order valence-electron chi connectivity index (χ0n) is 21.2. The number of nitrogens with zero attached hydrogens (tertiary/aromatic N) is 6. The average molecular weight is 564 g/mol. The van der Waals surface area contributed by atoms with Crippen LogP contribution < -0.4 is 10.2 Å². The van der Waals surface area contributed by atoms with Crippen LogP contribution in [0, 0.1) is 5.82 Å². The number of hydrogen-bond donors (Lipinski definition) is 2. The van der Waals surface area contributed by atoms with E-state index in [-0.39, 0.29) is 22.7 Å². The van der Waals surface area contributed by atoms with E-state index in [2.05, 4.69) is 25.1 Å². The lowest BCUT2D eigenvalue weighted by Gasteiger charge is -2.34. The molecule has 13 heteroatoms. The Morgan fingerprint density at radius 1 is 1.08 bits per heavy atom. The van der Waals surface area contributed by atoms with Crippen LogP contribution in [0.3, 0.4) is 0 Å². The third kappa shape index (κ3) is 6.41. The van der Waals surface area contributed by atoms with E-state index in [0.717, 1.165) is 42.3 Å². The molecule has 4 heterocycles. The minimum Gasteiger partial charge on any atom is -0.395 e. The Morgan fingerprint density at radius 2 is 1.87 bits per heavy atom. The predicted octanol–water partition coefficient (Wildman–Crippen LogP) is 1.58. The summed E-state index contributed by atoms with van der Waals surface area (Å²) in [6.07, 6.45) is 7.12. The van der Waals surface area contributed by atoms with E-state index in [9.17, 15) is 12.8 Å². The van der Waals surface area contributed by atoms with Crippen LogP contribution in [0.15, 0.2) is 47.2 Å². The van der Waals surface area contributed by atoms with Crippen LogP contribution in [0.4, 0.5) is 9.52 Å². The van der Waals surface area contributed by atoms with Gasteiger partial charge in [-0.25, -0.2) is 22.8 Å². The van der Waals surface area contributed by atoms with E-state index in [1.165, 1.54) is 29.7 Å². The number of aliphatic hydroxyl groups excluding tert-OH is 1. The number of piperidine rings is 1. The number of benzene rings is 1. The highest BCUT2D eigenvalue weighted by Gasteiger charge is 2.31. The Labute approximate surface area is 226 Å². The van der Waals surface area contributed by atoms with Crippen molar-refractivity contribution in [1.29, 1.82) is 0 Å². The van der Waals surface area contributed by atoms with Crippen molar-refractivity contribution in [3.63, 3.8) is 0 Å². The lowest BCUT2D eigenvalue weighted by molar-refractivity contribution is 0.178. The predicted molar refractivity (Wildman–Crippen MR) is 144 cm³/mol. The van der Waals surface area contributed by atoms with Crippen molar-refractivity contribution in [2.45, 2.75) is 36.2 Å². The molecule has 2 fully saturated rings. The second-order valence-corrected chi connectivity index (χ2v) is 12.9. The van der Waals surface area contributed by atoms with E-state index < -0.39 is 10.0 Å². The summed E-state index contributed by atoms with van der Waals surface area (Å²) in [6, 6.07) is 6.71. The molecule has 2 N–H and O–H groups in total. The van der Waals surface area contributed by atoms with Gasteiger partial charge in [0.15, 0.2) is 9.34 Å². The molecule has 0 amide bonds. The fraction of sp³-hybridized carbons (Fsp3) is 0.520. The van der Waals surface area contributed by atoms with Gasteiger partial charge in [-0.1, -0.05) is 23.5 Å². The molecular formula is C25H34FN7O3S2. The van der Waals surface area contributed by atoms with Gasteiger partial charge in [-0.15, -0.1) is 0 Å². The van der Waals surface area contributed by atoms with Crippen LogP contribution in [0.25, 0.3) is 0 Å². The van der Waals surface area contributed by atoms with Crippen LogP contribution in [0.1, 0.15) is 24.1 Å². The summed E-state index contributed by atoms with van der Waals surface area (Å²) in [4.78, 5) is 13.1. The fourth-order valence-corrected chi connectivity index (χ4v) is 7.73. The van der Waals surface area contributed by atoms with Crippen molar-refractivity contribution in [1.82, 2.24) is 29.1 Å². The SMILES string of the molecule is O=S(=O)(c1cnc(N2CCCC(NCCO)C2)s1)N1CCN(Cc2cncn2Cc2ccc(F)cc2)CC1. The minimum atomic E-state index is -3.61. The molecular weight excluding hydrogens is 529 g/mol. The molecule has 2 aromatic heterocycles. The van der Waals surface area contributed by atoms with Gasteiger partial charge in [-0.05, 0) is 30.5 Å². The smallest absolute Gasteiger partial charge is 0.254 e. The first-order valence-electron chi connectivity index (χ1n) is 12.9. The van der Waals surface area contributed by atoms with Crippen LogP contribution in [-0.2, 0) is 23.1 Å². The molecule has 38 heavy (non-hydrogen) atoms. The Kier molecular flexibility index (Phi) is 8.71. The van der Waals surface area contributed by atoms with Crippen molar-refractivity contribution in [2.24, 2.45) is 0 Å². The number of aromatic nitrogens is 3. The monoisotopic (exact) mass is 563 g/mol. The topological polar surface area (TPSA) is 107 Å². The zero-order chi connectivity index (χ0) is 26.5. The molecule has 1 aromatic carbocycles. The summed E-state index contributed by atoms with van der Waals surface area (Å²) in [5.74, 6) is -0.256. The number of nitrogens with one attached hydrogen (secondary N) is 1. The Morgan fingerprint density at radius 3 is 2.63 bits per heavy atom. The van der Waals surface area contributed by atoms with E-state index in [4.69, 9.17) is 5.11 Å². The molecule has 206 valence electrons. The van der Waals surface area contributed by atoms with Crippen molar-refractivity contribution >= 4 is 26.5 Å². The lowest BCUT2D eigenvalue weighted by Crippen LogP contribution is -2.48. The highest BCUT2D eigenvalue weighted by atomic mass is 32.2. The highest BCUT2D eigenvalue weighted by Crippen LogP contribution is 2.30. The first-order valence-corrected chi connectivity index (χ1v) is 15.2. The maximum atomic E-state index is 13.4. The molecule has 10 nitrogen and oxygen atoms in total.